The number of benzene rings is 1. The second kappa shape index (κ2) is 5.10. The van der Waals surface area contributed by atoms with Gasteiger partial charge in [-0.3, -0.25) is 4.79 Å². The molecule has 1 fully saturated rings. The second-order valence-corrected chi connectivity index (χ2v) is 7.12. The third-order valence-electron chi connectivity index (χ3n) is 3.14. The fourth-order valence-electron chi connectivity index (χ4n) is 2.14. The zero-order valence-corrected chi connectivity index (χ0v) is 11.2. The SMILES string of the molecule is Cc1ccc(NC(=O)C[C@H]2CCS(=O)(=O)C2)cc1. The molecule has 1 N–H and O–H groups in total. The topological polar surface area (TPSA) is 63.2 Å². The number of carbonyl (C=O) groups excluding carboxylic acids is 1. The molecule has 0 unspecified atom stereocenters. The zero-order chi connectivity index (χ0) is 13.2. The Morgan fingerprint density at radius 3 is 2.56 bits per heavy atom. The largest absolute Gasteiger partial charge is 0.326 e. The molecule has 98 valence electrons. The van der Waals surface area contributed by atoms with Crippen LogP contribution in [0.25, 0.3) is 0 Å². The Balaban J connectivity index is 1.88. The van der Waals surface area contributed by atoms with Crippen LogP contribution in [-0.2, 0) is 14.6 Å². The lowest BCUT2D eigenvalue weighted by atomic mass is 10.0. The Kier molecular flexibility index (Phi) is 3.71. The average molecular weight is 267 g/mol. The van der Waals surface area contributed by atoms with Crippen LogP contribution in [0.2, 0.25) is 0 Å². The molecule has 18 heavy (non-hydrogen) atoms. The molecule has 1 atom stereocenters. The van der Waals surface area contributed by atoms with Crippen molar-refractivity contribution in [2.75, 3.05) is 16.8 Å². The predicted octanol–water partition coefficient (Wildman–Crippen LogP) is 1.76. The van der Waals surface area contributed by atoms with E-state index in [9.17, 15) is 13.2 Å². The molecule has 1 aliphatic rings. The molecule has 0 aliphatic carbocycles. The zero-order valence-electron chi connectivity index (χ0n) is 10.3. The fraction of sp³-hybridized carbons (Fsp3) is 0.462. The second-order valence-electron chi connectivity index (χ2n) is 4.89. The first-order valence-electron chi connectivity index (χ1n) is 6.01. The summed E-state index contributed by atoms with van der Waals surface area (Å²) in [6.45, 7) is 1.98. The van der Waals surface area contributed by atoms with Gasteiger partial charge in [0.2, 0.25) is 5.91 Å². The van der Waals surface area contributed by atoms with E-state index in [4.69, 9.17) is 0 Å². The van der Waals surface area contributed by atoms with Crippen molar-refractivity contribution in [1.82, 2.24) is 0 Å². The Morgan fingerprint density at radius 1 is 1.33 bits per heavy atom. The highest BCUT2D eigenvalue weighted by molar-refractivity contribution is 7.91. The van der Waals surface area contributed by atoms with Crippen molar-refractivity contribution in [3.8, 4) is 0 Å². The highest BCUT2D eigenvalue weighted by Crippen LogP contribution is 2.22. The first-order chi connectivity index (χ1) is 8.44. The van der Waals surface area contributed by atoms with Crippen molar-refractivity contribution in [3.05, 3.63) is 29.8 Å². The van der Waals surface area contributed by atoms with Crippen LogP contribution in [0, 0.1) is 12.8 Å². The standard InChI is InChI=1S/C13H17NO3S/c1-10-2-4-12(5-3-10)14-13(15)8-11-6-7-18(16,17)9-11/h2-5,11H,6-9H2,1H3,(H,14,15)/t11-/m1/s1. The van der Waals surface area contributed by atoms with Crippen molar-refractivity contribution in [2.45, 2.75) is 19.8 Å². The number of carbonyl (C=O) groups is 1. The summed E-state index contributed by atoms with van der Waals surface area (Å²) in [5, 5.41) is 2.79. The molecule has 1 amide bonds. The summed E-state index contributed by atoms with van der Waals surface area (Å²) in [6, 6.07) is 7.54. The molecular formula is C13H17NO3S. The van der Waals surface area contributed by atoms with Crippen LogP contribution in [0.3, 0.4) is 0 Å². The maximum atomic E-state index is 11.8. The van der Waals surface area contributed by atoms with Crippen molar-refractivity contribution in [3.63, 3.8) is 0 Å². The van der Waals surface area contributed by atoms with E-state index in [2.05, 4.69) is 5.32 Å². The van der Waals surface area contributed by atoms with Crippen molar-refractivity contribution in [2.24, 2.45) is 5.92 Å². The van der Waals surface area contributed by atoms with Crippen LogP contribution in [0.4, 0.5) is 5.69 Å². The molecular weight excluding hydrogens is 250 g/mol. The Morgan fingerprint density at radius 2 is 2.00 bits per heavy atom. The molecule has 0 saturated carbocycles. The molecule has 1 heterocycles. The quantitative estimate of drug-likeness (QED) is 0.907. The summed E-state index contributed by atoms with van der Waals surface area (Å²) in [4.78, 5) is 11.8. The molecule has 1 saturated heterocycles. The molecule has 4 nitrogen and oxygen atoms in total. The van der Waals surface area contributed by atoms with Crippen LogP contribution >= 0.6 is 0 Å². The summed E-state index contributed by atoms with van der Waals surface area (Å²) in [6.07, 6.45) is 0.886. The van der Waals surface area contributed by atoms with Crippen LogP contribution in [0.1, 0.15) is 18.4 Å². The third kappa shape index (κ3) is 3.57. The Hall–Kier alpha value is -1.36. The maximum Gasteiger partial charge on any atom is 0.224 e. The van der Waals surface area contributed by atoms with E-state index in [-0.39, 0.29) is 29.8 Å². The molecule has 0 radical (unpaired) electrons. The average Bonchev–Trinajstić information content (AvgIpc) is 2.61. The molecule has 2 rings (SSSR count). The Bertz CT molecular complexity index is 534. The first kappa shape index (κ1) is 13.1. The minimum atomic E-state index is -2.90. The number of sulfone groups is 1. The summed E-state index contributed by atoms with van der Waals surface area (Å²) >= 11 is 0. The summed E-state index contributed by atoms with van der Waals surface area (Å²) < 4.78 is 22.6. The van der Waals surface area contributed by atoms with Gasteiger partial charge in [0, 0.05) is 12.1 Å². The number of aryl methyl sites for hydroxylation is 1. The van der Waals surface area contributed by atoms with Gasteiger partial charge in [-0.2, -0.15) is 0 Å². The number of amides is 1. The molecule has 0 bridgehead atoms. The minimum absolute atomic E-state index is 0.0274. The monoisotopic (exact) mass is 267 g/mol. The van der Waals surface area contributed by atoms with Crippen LogP contribution < -0.4 is 5.32 Å². The highest BCUT2D eigenvalue weighted by atomic mass is 32.2. The lowest BCUT2D eigenvalue weighted by molar-refractivity contribution is -0.116. The predicted molar refractivity (Wildman–Crippen MR) is 71.2 cm³/mol. The summed E-state index contributed by atoms with van der Waals surface area (Å²) in [7, 11) is -2.90. The maximum absolute atomic E-state index is 11.8. The third-order valence-corrected chi connectivity index (χ3v) is 4.97. The normalized spacial score (nSPS) is 21.7. The van der Waals surface area contributed by atoms with E-state index >= 15 is 0 Å². The van der Waals surface area contributed by atoms with Gasteiger partial charge in [0.25, 0.3) is 0 Å². The highest BCUT2D eigenvalue weighted by Gasteiger charge is 2.29. The van der Waals surface area contributed by atoms with Crippen molar-refractivity contribution in [1.29, 1.82) is 0 Å². The number of anilines is 1. The van der Waals surface area contributed by atoms with Gasteiger partial charge in [0.05, 0.1) is 11.5 Å². The number of nitrogens with one attached hydrogen (secondary N) is 1. The van der Waals surface area contributed by atoms with Crippen molar-refractivity contribution < 1.29 is 13.2 Å². The molecule has 0 aromatic heterocycles. The molecule has 1 aliphatic heterocycles. The van der Waals surface area contributed by atoms with Gasteiger partial charge in [0.15, 0.2) is 9.84 Å². The van der Waals surface area contributed by atoms with Gasteiger partial charge in [-0.05, 0) is 31.4 Å². The summed E-state index contributed by atoms with van der Waals surface area (Å²) in [5.74, 6) is 0.227. The Labute approximate surface area is 107 Å². The number of rotatable bonds is 3. The van der Waals surface area contributed by atoms with Crippen LogP contribution in [0.15, 0.2) is 24.3 Å². The van der Waals surface area contributed by atoms with Gasteiger partial charge < -0.3 is 5.32 Å². The molecule has 1 aromatic rings. The van der Waals surface area contributed by atoms with E-state index in [1.54, 1.807) is 0 Å². The van der Waals surface area contributed by atoms with Gasteiger partial charge in [-0.1, -0.05) is 17.7 Å². The van der Waals surface area contributed by atoms with E-state index < -0.39 is 9.84 Å². The summed E-state index contributed by atoms with van der Waals surface area (Å²) in [5.41, 5.74) is 1.89. The van der Waals surface area contributed by atoms with Crippen molar-refractivity contribution >= 4 is 21.4 Å². The van der Waals surface area contributed by atoms with E-state index in [1.807, 2.05) is 31.2 Å². The minimum Gasteiger partial charge on any atom is -0.326 e. The molecule has 1 aromatic carbocycles. The van der Waals surface area contributed by atoms with Gasteiger partial charge in [-0.25, -0.2) is 8.42 Å². The van der Waals surface area contributed by atoms with Gasteiger partial charge >= 0.3 is 0 Å². The van der Waals surface area contributed by atoms with Crippen LogP contribution in [-0.4, -0.2) is 25.8 Å². The van der Waals surface area contributed by atoms with Gasteiger partial charge in [-0.15, -0.1) is 0 Å². The molecule has 0 spiro atoms. The number of hydrogen-bond donors (Lipinski definition) is 1. The lowest BCUT2D eigenvalue weighted by Crippen LogP contribution is -2.17. The van der Waals surface area contributed by atoms with Gasteiger partial charge in [0.1, 0.15) is 0 Å². The first-order valence-corrected chi connectivity index (χ1v) is 7.84. The van der Waals surface area contributed by atoms with E-state index in [1.165, 1.54) is 0 Å². The van der Waals surface area contributed by atoms with E-state index in [0.717, 1.165) is 11.3 Å². The molecule has 5 heteroatoms. The van der Waals surface area contributed by atoms with E-state index in [0.29, 0.717) is 6.42 Å². The smallest absolute Gasteiger partial charge is 0.224 e. The lowest BCUT2D eigenvalue weighted by Gasteiger charge is -2.08. The fourth-order valence-corrected chi connectivity index (χ4v) is 4.01. The van der Waals surface area contributed by atoms with Crippen LogP contribution in [0.5, 0.6) is 0 Å². The number of hydrogen-bond acceptors (Lipinski definition) is 3.